The summed E-state index contributed by atoms with van der Waals surface area (Å²) in [4.78, 5) is 27.0. The Morgan fingerprint density at radius 1 is 1.00 bits per heavy atom. The summed E-state index contributed by atoms with van der Waals surface area (Å²) in [6.07, 6.45) is 0.224. The molecule has 0 unspecified atom stereocenters. The summed E-state index contributed by atoms with van der Waals surface area (Å²) in [5, 5.41) is 2.73. The minimum absolute atomic E-state index is 0.0389. The summed E-state index contributed by atoms with van der Waals surface area (Å²) in [5.74, 6) is 0.342. The van der Waals surface area contributed by atoms with Crippen molar-refractivity contribution >= 4 is 12.0 Å². The first kappa shape index (κ1) is 18.0. The summed E-state index contributed by atoms with van der Waals surface area (Å²) >= 11 is 0. The van der Waals surface area contributed by atoms with Crippen molar-refractivity contribution in [3.63, 3.8) is 0 Å². The standard InChI is InChI=1S/C21H24N2O3/c1-15(2)19(22-21(25)26-18-10-4-3-5-11-18)20(24)23-13-12-16-8-6-7-9-17(16)14-23/h3-11,15,19H,12-14H2,1-2H3,(H,22,25)/t19-/m0/s1. The van der Waals surface area contributed by atoms with Gasteiger partial charge in [-0.15, -0.1) is 0 Å². The van der Waals surface area contributed by atoms with Gasteiger partial charge in [0.15, 0.2) is 0 Å². The number of carbonyl (C=O) groups is 2. The van der Waals surface area contributed by atoms with Gasteiger partial charge < -0.3 is 15.0 Å². The van der Waals surface area contributed by atoms with Gasteiger partial charge in [-0.1, -0.05) is 56.3 Å². The first-order valence-corrected chi connectivity index (χ1v) is 8.93. The van der Waals surface area contributed by atoms with Crippen LogP contribution in [0.3, 0.4) is 0 Å². The monoisotopic (exact) mass is 352 g/mol. The minimum Gasteiger partial charge on any atom is -0.410 e. The van der Waals surface area contributed by atoms with E-state index in [1.54, 1.807) is 24.3 Å². The molecule has 0 saturated heterocycles. The summed E-state index contributed by atoms with van der Waals surface area (Å²) in [7, 11) is 0. The Morgan fingerprint density at radius 2 is 1.65 bits per heavy atom. The lowest BCUT2D eigenvalue weighted by Crippen LogP contribution is -2.52. The second-order valence-electron chi connectivity index (χ2n) is 6.85. The van der Waals surface area contributed by atoms with Crippen LogP contribution in [0.25, 0.3) is 0 Å². The molecule has 2 aromatic rings. The fraction of sp³-hybridized carbons (Fsp3) is 0.333. The van der Waals surface area contributed by atoms with Crippen molar-refractivity contribution in [3.05, 3.63) is 65.7 Å². The van der Waals surface area contributed by atoms with Crippen LogP contribution in [0.5, 0.6) is 5.75 Å². The number of para-hydroxylation sites is 1. The van der Waals surface area contributed by atoms with E-state index in [4.69, 9.17) is 4.74 Å². The Kier molecular flexibility index (Phi) is 5.56. The average molecular weight is 352 g/mol. The van der Waals surface area contributed by atoms with Crippen LogP contribution in [-0.2, 0) is 17.8 Å². The molecule has 1 N–H and O–H groups in total. The van der Waals surface area contributed by atoms with E-state index in [-0.39, 0.29) is 11.8 Å². The lowest BCUT2D eigenvalue weighted by molar-refractivity contribution is -0.135. The fourth-order valence-corrected chi connectivity index (χ4v) is 3.15. The van der Waals surface area contributed by atoms with Gasteiger partial charge in [0, 0.05) is 13.1 Å². The molecule has 1 heterocycles. The number of rotatable bonds is 4. The molecule has 0 bridgehead atoms. The first-order valence-electron chi connectivity index (χ1n) is 8.93. The zero-order chi connectivity index (χ0) is 18.5. The second-order valence-corrected chi connectivity index (χ2v) is 6.85. The van der Waals surface area contributed by atoms with Crippen LogP contribution < -0.4 is 10.1 Å². The first-order chi connectivity index (χ1) is 12.5. The second kappa shape index (κ2) is 8.04. The molecule has 0 spiro atoms. The summed E-state index contributed by atoms with van der Waals surface area (Å²) in [6, 6.07) is 16.4. The zero-order valence-electron chi connectivity index (χ0n) is 15.1. The molecule has 1 atom stereocenters. The number of amides is 2. The van der Waals surface area contributed by atoms with Gasteiger partial charge in [-0.3, -0.25) is 4.79 Å². The molecule has 5 heteroatoms. The lowest BCUT2D eigenvalue weighted by Gasteiger charge is -2.33. The van der Waals surface area contributed by atoms with Gasteiger partial charge in [-0.05, 0) is 35.6 Å². The molecular weight excluding hydrogens is 328 g/mol. The summed E-state index contributed by atoms with van der Waals surface area (Å²) < 4.78 is 5.27. The molecule has 0 aliphatic carbocycles. The molecule has 0 radical (unpaired) electrons. The van der Waals surface area contributed by atoms with E-state index < -0.39 is 12.1 Å². The number of benzene rings is 2. The van der Waals surface area contributed by atoms with E-state index in [1.807, 2.05) is 36.9 Å². The highest BCUT2D eigenvalue weighted by molar-refractivity contribution is 5.86. The Labute approximate surface area is 154 Å². The van der Waals surface area contributed by atoms with Crippen molar-refractivity contribution in [2.45, 2.75) is 32.9 Å². The third-order valence-corrected chi connectivity index (χ3v) is 4.60. The number of fused-ring (bicyclic) bond motifs is 1. The van der Waals surface area contributed by atoms with Gasteiger partial charge in [-0.2, -0.15) is 0 Å². The number of ether oxygens (including phenoxy) is 1. The predicted octanol–water partition coefficient (Wildman–Crippen LogP) is 3.38. The highest BCUT2D eigenvalue weighted by atomic mass is 16.6. The maximum atomic E-state index is 13.0. The van der Waals surface area contributed by atoms with Gasteiger partial charge >= 0.3 is 6.09 Å². The molecule has 0 saturated carbocycles. The quantitative estimate of drug-likeness (QED) is 0.918. The number of carbonyl (C=O) groups excluding carboxylic acids is 2. The highest BCUT2D eigenvalue weighted by Gasteiger charge is 2.31. The maximum absolute atomic E-state index is 13.0. The molecular formula is C21H24N2O3. The minimum atomic E-state index is -0.614. The van der Waals surface area contributed by atoms with Gasteiger partial charge in [0.25, 0.3) is 0 Å². The van der Waals surface area contributed by atoms with Gasteiger partial charge in [0.2, 0.25) is 5.91 Å². The van der Waals surface area contributed by atoms with E-state index in [2.05, 4.69) is 17.4 Å². The molecule has 26 heavy (non-hydrogen) atoms. The van der Waals surface area contributed by atoms with E-state index in [0.29, 0.717) is 18.8 Å². The number of hydrogen-bond donors (Lipinski definition) is 1. The van der Waals surface area contributed by atoms with E-state index in [9.17, 15) is 9.59 Å². The molecule has 2 amide bonds. The molecule has 0 aromatic heterocycles. The molecule has 3 rings (SSSR count). The van der Waals surface area contributed by atoms with Gasteiger partial charge in [-0.25, -0.2) is 4.79 Å². The summed E-state index contributed by atoms with van der Waals surface area (Å²) in [6.45, 7) is 5.08. The SMILES string of the molecule is CC(C)[C@H](NC(=O)Oc1ccccc1)C(=O)N1CCc2ccccc2C1. The van der Waals surface area contributed by atoms with Crippen LogP contribution in [0.15, 0.2) is 54.6 Å². The van der Waals surface area contributed by atoms with Gasteiger partial charge in [0.1, 0.15) is 11.8 Å². The van der Waals surface area contributed by atoms with Crippen LogP contribution in [0.4, 0.5) is 4.79 Å². The van der Waals surface area contributed by atoms with Crippen molar-refractivity contribution in [2.24, 2.45) is 5.92 Å². The molecule has 2 aromatic carbocycles. The number of nitrogens with zero attached hydrogens (tertiary/aromatic N) is 1. The van der Waals surface area contributed by atoms with E-state index >= 15 is 0 Å². The van der Waals surface area contributed by atoms with Crippen molar-refractivity contribution in [1.29, 1.82) is 0 Å². The van der Waals surface area contributed by atoms with Gasteiger partial charge in [0.05, 0.1) is 0 Å². The van der Waals surface area contributed by atoms with Crippen molar-refractivity contribution < 1.29 is 14.3 Å². The third-order valence-electron chi connectivity index (χ3n) is 4.60. The normalized spacial score (nSPS) is 14.5. The molecule has 1 aliphatic heterocycles. The van der Waals surface area contributed by atoms with Crippen LogP contribution in [0.1, 0.15) is 25.0 Å². The van der Waals surface area contributed by atoms with Crippen LogP contribution in [0, 0.1) is 5.92 Å². The lowest BCUT2D eigenvalue weighted by atomic mass is 9.97. The Balaban J connectivity index is 1.66. The Bertz CT molecular complexity index is 774. The molecule has 0 fully saturated rings. The van der Waals surface area contributed by atoms with Crippen molar-refractivity contribution in [3.8, 4) is 5.75 Å². The summed E-state index contributed by atoms with van der Waals surface area (Å²) in [5.41, 5.74) is 2.45. The van der Waals surface area contributed by atoms with E-state index in [1.165, 1.54) is 11.1 Å². The van der Waals surface area contributed by atoms with Crippen LogP contribution in [0.2, 0.25) is 0 Å². The topological polar surface area (TPSA) is 58.6 Å². The molecule has 5 nitrogen and oxygen atoms in total. The maximum Gasteiger partial charge on any atom is 0.413 e. The highest BCUT2D eigenvalue weighted by Crippen LogP contribution is 2.20. The average Bonchev–Trinajstić information content (AvgIpc) is 2.65. The number of nitrogens with one attached hydrogen (secondary N) is 1. The fourth-order valence-electron chi connectivity index (χ4n) is 3.15. The third kappa shape index (κ3) is 4.23. The zero-order valence-corrected chi connectivity index (χ0v) is 15.1. The van der Waals surface area contributed by atoms with Crippen molar-refractivity contribution in [2.75, 3.05) is 6.54 Å². The van der Waals surface area contributed by atoms with Crippen LogP contribution >= 0.6 is 0 Å². The van der Waals surface area contributed by atoms with E-state index in [0.717, 1.165) is 6.42 Å². The smallest absolute Gasteiger partial charge is 0.410 e. The largest absolute Gasteiger partial charge is 0.413 e. The van der Waals surface area contributed by atoms with Crippen molar-refractivity contribution in [1.82, 2.24) is 10.2 Å². The Morgan fingerprint density at radius 3 is 2.35 bits per heavy atom. The Hall–Kier alpha value is -2.82. The molecule has 1 aliphatic rings. The van der Waals surface area contributed by atoms with Crippen LogP contribution in [-0.4, -0.2) is 29.5 Å². The molecule has 136 valence electrons. The number of hydrogen-bond acceptors (Lipinski definition) is 3. The predicted molar refractivity (Wildman–Crippen MR) is 99.8 cm³/mol.